The zero-order chi connectivity index (χ0) is 22.3. The number of nitrogens with one attached hydrogen (secondary N) is 1. The molecule has 1 saturated carbocycles. The van der Waals surface area contributed by atoms with Crippen LogP contribution in [0.15, 0.2) is 30.7 Å². The average Bonchev–Trinajstić information content (AvgIpc) is 3.36. The van der Waals surface area contributed by atoms with Gasteiger partial charge in [-0.05, 0) is 68.6 Å². The van der Waals surface area contributed by atoms with E-state index < -0.39 is 0 Å². The zero-order valence-electron chi connectivity index (χ0n) is 19.4. The lowest BCUT2D eigenvalue weighted by Gasteiger charge is -2.29. The van der Waals surface area contributed by atoms with Gasteiger partial charge in [-0.2, -0.15) is 0 Å². The highest BCUT2D eigenvalue weighted by atomic mass is 16.5. The molecule has 0 aromatic carbocycles. The van der Waals surface area contributed by atoms with Gasteiger partial charge in [0, 0.05) is 55.6 Å². The van der Waals surface area contributed by atoms with Gasteiger partial charge in [0.15, 0.2) is 0 Å². The van der Waals surface area contributed by atoms with Crippen molar-refractivity contribution in [2.45, 2.75) is 83.2 Å². The number of hydrogen-bond donors (Lipinski definition) is 1. The topological polar surface area (TPSA) is 77.0 Å². The van der Waals surface area contributed by atoms with Crippen molar-refractivity contribution in [1.82, 2.24) is 20.3 Å². The first-order valence-corrected chi connectivity index (χ1v) is 12.3. The number of ether oxygens (including phenoxy) is 1. The van der Waals surface area contributed by atoms with Crippen molar-refractivity contribution in [2.75, 3.05) is 13.2 Å². The van der Waals surface area contributed by atoms with Crippen molar-refractivity contribution in [1.29, 1.82) is 0 Å². The Morgan fingerprint density at radius 2 is 1.94 bits per heavy atom. The molecule has 2 aromatic heterocycles. The molecule has 172 valence electrons. The summed E-state index contributed by atoms with van der Waals surface area (Å²) >= 11 is 0. The summed E-state index contributed by atoms with van der Waals surface area (Å²) in [6, 6.07) is 4.07. The molecule has 32 heavy (non-hydrogen) atoms. The largest absolute Gasteiger partial charge is 0.378 e. The van der Waals surface area contributed by atoms with E-state index in [-0.39, 0.29) is 12.0 Å². The monoisotopic (exact) mass is 436 g/mol. The summed E-state index contributed by atoms with van der Waals surface area (Å²) in [5, 5.41) is 3.17. The van der Waals surface area contributed by atoms with E-state index in [9.17, 15) is 4.79 Å². The van der Waals surface area contributed by atoms with Gasteiger partial charge in [-0.15, -0.1) is 0 Å². The van der Waals surface area contributed by atoms with Crippen LogP contribution in [0, 0.1) is 5.92 Å². The predicted molar refractivity (Wildman–Crippen MR) is 125 cm³/mol. The first-order chi connectivity index (χ1) is 15.6. The standard InChI is InChI=1S/C26H36N4O2/c1-18(2)26-29-17-23(20-11-13-27-14-12-20)25(30-26)21-7-5-19(6-8-21)16-28-24(31)10-9-22-4-3-15-32-22/h11-14,17-19,21-22H,3-10,15-16H2,1-2H3,(H,28,31). The molecular weight excluding hydrogens is 400 g/mol. The third-order valence-electron chi connectivity index (χ3n) is 6.88. The van der Waals surface area contributed by atoms with Crippen LogP contribution in [0.4, 0.5) is 0 Å². The van der Waals surface area contributed by atoms with Gasteiger partial charge < -0.3 is 10.1 Å². The molecule has 1 saturated heterocycles. The molecule has 1 N–H and O–H groups in total. The third-order valence-corrected chi connectivity index (χ3v) is 6.88. The maximum atomic E-state index is 12.2. The Morgan fingerprint density at radius 3 is 2.62 bits per heavy atom. The van der Waals surface area contributed by atoms with Crippen molar-refractivity contribution in [3.63, 3.8) is 0 Å². The molecule has 1 unspecified atom stereocenters. The molecule has 2 fully saturated rings. The lowest BCUT2D eigenvalue weighted by Crippen LogP contribution is -2.31. The lowest BCUT2D eigenvalue weighted by atomic mass is 9.79. The van der Waals surface area contributed by atoms with E-state index in [1.54, 1.807) is 0 Å². The van der Waals surface area contributed by atoms with Crippen LogP contribution in [0.2, 0.25) is 0 Å². The SMILES string of the molecule is CC(C)c1ncc(-c2ccncc2)c(C2CCC(CNC(=O)CCC3CCCO3)CC2)n1. The van der Waals surface area contributed by atoms with Gasteiger partial charge in [-0.1, -0.05) is 13.8 Å². The normalized spacial score (nSPS) is 23.4. The highest BCUT2D eigenvalue weighted by Crippen LogP contribution is 2.39. The first-order valence-electron chi connectivity index (χ1n) is 12.3. The summed E-state index contributed by atoms with van der Waals surface area (Å²) in [7, 11) is 0. The molecule has 1 atom stereocenters. The van der Waals surface area contributed by atoms with Gasteiger partial charge in [0.25, 0.3) is 0 Å². The lowest BCUT2D eigenvalue weighted by molar-refractivity contribution is -0.121. The summed E-state index contributed by atoms with van der Waals surface area (Å²) in [6.45, 7) is 5.92. The van der Waals surface area contributed by atoms with Crippen LogP contribution in [0.3, 0.4) is 0 Å². The molecule has 1 aliphatic carbocycles. The maximum absolute atomic E-state index is 12.2. The highest BCUT2D eigenvalue weighted by molar-refractivity contribution is 5.75. The number of hydrogen-bond acceptors (Lipinski definition) is 5. The number of pyridine rings is 1. The van der Waals surface area contributed by atoms with Gasteiger partial charge >= 0.3 is 0 Å². The van der Waals surface area contributed by atoms with Crippen LogP contribution in [0.5, 0.6) is 0 Å². The van der Waals surface area contributed by atoms with Crippen molar-refractivity contribution < 1.29 is 9.53 Å². The van der Waals surface area contributed by atoms with Crippen molar-refractivity contribution >= 4 is 5.91 Å². The quantitative estimate of drug-likeness (QED) is 0.629. The molecule has 6 nitrogen and oxygen atoms in total. The fourth-order valence-electron chi connectivity index (χ4n) is 4.90. The van der Waals surface area contributed by atoms with Crippen molar-refractivity contribution in [3.05, 3.63) is 42.2 Å². The number of rotatable bonds is 8. The number of amides is 1. The van der Waals surface area contributed by atoms with E-state index in [0.29, 0.717) is 24.2 Å². The van der Waals surface area contributed by atoms with E-state index in [2.05, 4.69) is 29.1 Å². The van der Waals surface area contributed by atoms with Gasteiger partial charge in [-0.3, -0.25) is 9.78 Å². The van der Waals surface area contributed by atoms with Gasteiger partial charge in [-0.25, -0.2) is 9.97 Å². The maximum Gasteiger partial charge on any atom is 0.220 e. The summed E-state index contributed by atoms with van der Waals surface area (Å²) in [6.07, 6.45) is 14.0. The predicted octanol–water partition coefficient (Wildman–Crippen LogP) is 5.01. The number of carbonyl (C=O) groups excluding carboxylic acids is 1. The molecule has 1 aliphatic heterocycles. The van der Waals surface area contributed by atoms with E-state index in [0.717, 1.165) is 75.0 Å². The van der Waals surface area contributed by atoms with E-state index in [4.69, 9.17) is 9.72 Å². The second kappa shape index (κ2) is 11.0. The van der Waals surface area contributed by atoms with Crippen LogP contribution < -0.4 is 5.32 Å². The van der Waals surface area contributed by atoms with Crippen LogP contribution >= 0.6 is 0 Å². The molecule has 0 bridgehead atoms. The van der Waals surface area contributed by atoms with E-state index in [1.165, 1.54) is 5.69 Å². The number of aromatic nitrogens is 3. The number of carbonyl (C=O) groups is 1. The van der Waals surface area contributed by atoms with Crippen molar-refractivity contribution in [3.8, 4) is 11.1 Å². The Kier molecular flexibility index (Phi) is 7.85. The second-order valence-electron chi connectivity index (χ2n) is 9.61. The molecular formula is C26H36N4O2. The Hall–Kier alpha value is -2.34. The van der Waals surface area contributed by atoms with Crippen LogP contribution in [-0.2, 0) is 9.53 Å². The minimum absolute atomic E-state index is 0.167. The Labute approximate surface area is 191 Å². The van der Waals surface area contributed by atoms with E-state index >= 15 is 0 Å². The molecule has 4 rings (SSSR count). The zero-order valence-corrected chi connectivity index (χ0v) is 19.4. The molecule has 0 spiro atoms. The van der Waals surface area contributed by atoms with Gasteiger partial charge in [0.05, 0.1) is 11.8 Å². The fraction of sp³-hybridized carbons (Fsp3) is 0.615. The first kappa shape index (κ1) is 22.8. The summed E-state index contributed by atoms with van der Waals surface area (Å²) in [5.41, 5.74) is 3.43. The average molecular weight is 437 g/mol. The third kappa shape index (κ3) is 5.91. The number of nitrogens with zero attached hydrogens (tertiary/aromatic N) is 3. The fourth-order valence-corrected chi connectivity index (χ4v) is 4.90. The summed E-state index contributed by atoms with van der Waals surface area (Å²) < 4.78 is 5.62. The van der Waals surface area contributed by atoms with Crippen molar-refractivity contribution in [2.24, 2.45) is 5.92 Å². The molecule has 1 amide bonds. The molecule has 2 aliphatic rings. The molecule has 3 heterocycles. The van der Waals surface area contributed by atoms with Crippen LogP contribution in [0.1, 0.15) is 88.6 Å². The van der Waals surface area contributed by atoms with Crippen LogP contribution in [0.25, 0.3) is 11.1 Å². The van der Waals surface area contributed by atoms with Gasteiger partial charge in [0.2, 0.25) is 5.91 Å². The van der Waals surface area contributed by atoms with Gasteiger partial charge in [0.1, 0.15) is 5.82 Å². The highest BCUT2D eigenvalue weighted by Gasteiger charge is 2.27. The second-order valence-corrected chi connectivity index (χ2v) is 9.61. The summed E-state index contributed by atoms with van der Waals surface area (Å²) in [4.78, 5) is 26.1. The minimum atomic E-state index is 0.167. The molecule has 2 aromatic rings. The minimum Gasteiger partial charge on any atom is -0.378 e. The Balaban J connectivity index is 1.33. The Bertz CT molecular complexity index is 873. The summed E-state index contributed by atoms with van der Waals surface area (Å²) in [5.74, 6) is 2.37. The molecule has 0 radical (unpaired) electrons. The molecule has 6 heteroatoms. The van der Waals surface area contributed by atoms with E-state index in [1.807, 2.05) is 30.7 Å². The van der Waals surface area contributed by atoms with Crippen LogP contribution in [-0.4, -0.2) is 40.1 Å². The Morgan fingerprint density at radius 1 is 1.16 bits per heavy atom. The smallest absolute Gasteiger partial charge is 0.220 e.